The van der Waals surface area contributed by atoms with E-state index in [0.29, 0.717) is 5.02 Å². The van der Waals surface area contributed by atoms with Crippen molar-refractivity contribution in [2.24, 2.45) is 0 Å². The molecule has 0 unspecified atom stereocenters. The lowest BCUT2D eigenvalue weighted by molar-refractivity contribution is 0.476. The molecule has 216 valence electrons. The van der Waals surface area contributed by atoms with Crippen molar-refractivity contribution < 1.29 is 0 Å². The summed E-state index contributed by atoms with van der Waals surface area (Å²) < 4.78 is 0. The number of nitrogens with zero attached hydrogens (tertiary/aromatic N) is 3. The zero-order valence-corrected chi connectivity index (χ0v) is 26.1. The lowest BCUT2D eigenvalue weighted by atomic mass is 10.00. The molecule has 3 nitrogen and oxygen atoms in total. The van der Waals surface area contributed by atoms with Crippen LogP contribution in [0.25, 0.3) is 28.0 Å². The average molecular weight is 584 g/mol. The first-order chi connectivity index (χ1) is 20.8. The van der Waals surface area contributed by atoms with Crippen LogP contribution in [0, 0.1) is 6.92 Å². The Morgan fingerprint density at radius 3 is 2.30 bits per heavy atom. The minimum atomic E-state index is 0.705. The number of allylic oxidation sites excluding steroid dienone is 1. The maximum atomic E-state index is 6.21. The molecule has 0 radical (unpaired) electrons. The lowest BCUT2D eigenvalue weighted by Gasteiger charge is -2.22. The summed E-state index contributed by atoms with van der Waals surface area (Å²) in [4.78, 5) is 12.5. The first-order valence-corrected chi connectivity index (χ1v) is 15.1. The Kier molecular flexibility index (Phi) is 9.57. The fraction of sp³-hybridized carbons (Fsp3) is 0.205. The van der Waals surface area contributed by atoms with E-state index in [-0.39, 0.29) is 0 Å². The second-order valence-electron chi connectivity index (χ2n) is 11.4. The van der Waals surface area contributed by atoms with Gasteiger partial charge in [-0.05, 0) is 86.6 Å². The number of hydrogen-bond acceptors (Lipinski definition) is 3. The Labute approximate surface area is 260 Å². The van der Waals surface area contributed by atoms with Crippen LogP contribution < -0.4 is 0 Å². The number of rotatable bonds is 11. The molecule has 5 rings (SSSR count). The van der Waals surface area contributed by atoms with Crippen LogP contribution in [0.1, 0.15) is 46.9 Å². The predicted molar refractivity (Wildman–Crippen MR) is 182 cm³/mol. The number of benzene rings is 4. The molecule has 5 aromatic rings. The second kappa shape index (κ2) is 13.7. The molecular formula is C39H38ClN3. The normalized spacial score (nSPS) is 10.9. The number of halogens is 1. The van der Waals surface area contributed by atoms with E-state index >= 15 is 0 Å². The molecule has 0 bridgehead atoms. The third kappa shape index (κ3) is 7.70. The van der Waals surface area contributed by atoms with Gasteiger partial charge in [-0.3, -0.25) is 0 Å². The fourth-order valence-corrected chi connectivity index (χ4v) is 5.58. The molecule has 0 fully saturated rings. The Balaban J connectivity index is 1.44. The molecule has 0 atom stereocenters. The van der Waals surface area contributed by atoms with Gasteiger partial charge in [0.25, 0.3) is 0 Å². The van der Waals surface area contributed by atoms with E-state index in [4.69, 9.17) is 21.6 Å². The maximum absolute atomic E-state index is 6.21. The summed E-state index contributed by atoms with van der Waals surface area (Å²) in [5.74, 6) is 0. The molecular weight excluding hydrogens is 546 g/mol. The number of fused-ring (bicyclic) bond motifs is 1. The van der Waals surface area contributed by atoms with Crippen molar-refractivity contribution in [1.82, 2.24) is 14.9 Å². The van der Waals surface area contributed by atoms with Gasteiger partial charge in [-0.25, -0.2) is 9.97 Å². The van der Waals surface area contributed by atoms with Gasteiger partial charge in [0, 0.05) is 29.7 Å². The van der Waals surface area contributed by atoms with Crippen molar-refractivity contribution in [1.29, 1.82) is 0 Å². The van der Waals surface area contributed by atoms with Gasteiger partial charge in [-0.1, -0.05) is 96.6 Å². The first-order valence-electron chi connectivity index (χ1n) is 14.7. The maximum Gasteiger partial charge on any atom is 0.0925 e. The van der Waals surface area contributed by atoms with Crippen molar-refractivity contribution in [3.05, 3.63) is 154 Å². The van der Waals surface area contributed by atoms with Gasteiger partial charge < -0.3 is 4.90 Å². The van der Waals surface area contributed by atoms with Crippen LogP contribution in [-0.4, -0.2) is 21.9 Å². The summed E-state index contributed by atoms with van der Waals surface area (Å²) in [7, 11) is 2.07. The minimum Gasteiger partial charge on any atom is -0.364 e. The fourth-order valence-electron chi connectivity index (χ4n) is 5.46. The van der Waals surface area contributed by atoms with Crippen molar-refractivity contribution in [2.75, 3.05) is 7.05 Å². The van der Waals surface area contributed by atoms with Gasteiger partial charge in [0.2, 0.25) is 0 Å². The molecule has 0 spiro atoms. The molecule has 1 heterocycles. The van der Waals surface area contributed by atoms with E-state index in [1.807, 2.05) is 30.3 Å². The van der Waals surface area contributed by atoms with Gasteiger partial charge in [-0.15, -0.1) is 5.73 Å². The number of hydrogen-bond donors (Lipinski definition) is 0. The van der Waals surface area contributed by atoms with E-state index in [0.717, 1.165) is 71.5 Å². The summed E-state index contributed by atoms with van der Waals surface area (Å²) in [5, 5.41) is 0.705. The predicted octanol–water partition coefficient (Wildman–Crippen LogP) is 9.81. The van der Waals surface area contributed by atoms with Crippen LogP contribution in [0.2, 0.25) is 5.02 Å². The molecule has 0 saturated carbocycles. The molecule has 0 saturated heterocycles. The van der Waals surface area contributed by atoms with Crippen LogP contribution in [0.5, 0.6) is 0 Å². The number of aromatic nitrogens is 2. The summed E-state index contributed by atoms with van der Waals surface area (Å²) in [6.45, 7) is 13.0. The van der Waals surface area contributed by atoms with E-state index < -0.39 is 0 Å². The van der Waals surface area contributed by atoms with E-state index in [2.05, 4.69) is 105 Å². The zero-order chi connectivity index (χ0) is 30.3. The molecule has 0 N–H and O–H groups in total. The Morgan fingerprint density at radius 1 is 0.837 bits per heavy atom. The molecule has 4 heteroatoms. The zero-order valence-electron chi connectivity index (χ0n) is 25.3. The van der Waals surface area contributed by atoms with Crippen molar-refractivity contribution in [3.8, 4) is 11.3 Å². The highest BCUT2D eigenvalue weighted by Crippen LogP contribution is 2.28. The largest absolute Gasteiger partial charge is 0.364 e. The molecule has 4 aromatic carbocycles. The van der Waals surface area contributed by atoms with Crippen LogP contribution in [-0.2, 0) is 25.8 Å². The monoisotopic (exact) mass is 583 g/mol. The summed E-state index contributed by atoms with van der Waals surface area (Å²) >= 11 is 6.21. The molecule has 0 aliphatic carbocycles. The van der Waals surface area contributed by atoms with Crippen LogP contribution >= 0.6 is 11.6 Å². The Hall–Kier alpha value is -4.43. The van der Waals surface area contributed by atoms with Crippen LogP contribution in [0.3, 0.4) is 0 Å². The third-order valence-electron chi connectivity index (χ3n) is 7.59. The van der Waals surface area contributed by atoms with Gasteiger partial charge in [0.15, 0.2) is 0 Å². The average Bonchev–Trinajstić information content (AvgIpc) is 2.99. The molecule has 1 aromatic heterocycles. The SMILES string of the molecule is C=C=C(c1ccc2nc(-c3ccc(Cl)cc3)c(CCCc3cccc(CC(=C)C)c3)nc2c1)N(C)Cc1ccc(C)cc1. The van der Waals surface area contributed by atoms with Gasteiger partial charge >= 0.3 is 0 Å². The summed E-state index contributed by atoms with van der Waals surface area (Å²) in [6.07, 6.45) is 3.66. The van der Waals surface area contributed by atoms with Crippen molar-refractivity contribution in [2.45, 2.75) is 46.1 Å². The van der Waals surface area contributed by atoms with Gasteiger partial charge in [0.05, 0.1) is 28.1 Å². The smallest absolute Gasteiger partial charge is 0.0925 e. The lowest BCUT2D eigenvalue weighted by Crippen LogP contribution is -2.16. The highest BCUT2D eigenvalue weighted by atomic mass is 35.5. The van der Waals surface area contributed by atoms with E-state index in [9.17, 15) is 0 Å². The van der Waals surface area contributed by atoms with E-state index in [1.165, 1.54) is 27.8 Å². The standard InChI is InChI=1S/C39H38ClN3/c1-6-38(43(5)26-30-15-13-28(4)14-16-30)33-19-22-35-37(25-33)41-36(39(42-35)32-17-20-34(40)21-18-32)12-8-10-29-9-7-11-31(24-29)23-27(2)3/h7,9,11,13-22,24-25H,1-2,8,10,12,23,26H2,3-5H3. The minimum absolute atomic E-state index is 0.705. The Bertz CT molecular complexity index is 1800. The van der Waals surface area contributed by atoms with E-state index in [1.54, 1.807) is 0 Å². The van der Waals surface area contributed by atoms with Crippen molar-refractivity contribution in [3.63, 3.8) is 0 Å². The molecule has 0 aliphatic rings. The summed E-state index contributed by atoms with van der Waals surface area (Å²) in [5.41, 5.74) is 16.1. The van der Waals surface area contributed by atoms with Crippen molar-refractivity contribution >= 4 is 28.3 Å². The quantitative estimate of drug-likeness (QED) is 0.114. The highest BCUT2D eigenvalue weighted by molar-refractivity contribution is 6.30. The Morgan fingerprint density at radius 2 is 1.58 bits per heavy atom. The molecule has 0 aliphatic heterocycles. The van der Waals surface area contributed by atoms with Crippen LogP contribution in [0.4, 0.5) is 0 Å². The van der Waals surface area contributed by atoms with Crippen LogP contribution in [0.15, 0.2) is 115 Å². The third-order valence-corrected chi connectivity index (χ3v) is 7.85. The molecule has 43 heavy (non-hydrogen) atoms. The van der Waals surface area contributed by atoms with Gasteiger partial charge in [-0.2, -0.15) is 0 Å². The molecule has 0 amide bonds. The van der Waals surface area contributed by atoms with Gasteiger partial charge in [0.1, 0.15) is 0 Å². The topological polar surface area (TPSA) is 29.0 Å². The highest BCUT2D eigenvalue weighted by Gasteiger charge is 2.14. The first kappa shape index (κ1) is 30.0. The summed E-state index contributed by atoms with van der Waals surface area (Å²) in [6, 6.07) is 31.5. The second-order valence-corrected chi connectivity index (χ2v) is 11.8. The number of aryl methyl sites for hydroxylation is 3.